The van der Waals surface area contributed by atoms with Crippen LogP contribution in [-0.2, 0) is 32.1 Å². The first-order valence-electron chi connectivity index (χ1n) is 7.66. The van der Waals surface area contributed by atoms with E-state index >= 15 is 0 Å². The highest BCUT2D eigenvalue weighted by Gasteiger charge is 2.23. The number of hydrogen-bond acceptors (Lipinski definition) is 1. The molecule has 2 N–H and O–H groups in total. The van der Waals surface area contributed by atoms with Gasteiger partial charge in [-0.15, -0.1) is 0 Å². The molecule has 0 spiro atoms. The normalized spacial score (nSPS) is 17.8. The van der Waals surface area contributed by atoms with Crippen LogP contribution in [0.1, 0.15) is 61.4 Å². The van der Waals surface area contributed by atoms with Crippen LogP contribution in [-0.4, -0.2) is 6.04 Å². The fourth-order valence-electron chi connectivity index (χ4n) is 3.50. The number of benzene rings is 1. The molecule has 1 aromatic carbocycles. The van der Waals surface area contributed by atoms with Crippen molar-refractivity contribution in [2.24, 2.45) is 5.73 Å². The molecule has 0 aromatic heterocycles. The molecule has 0 amide bonds. The topological polar surface area (TPSA) is 26.0 Å². The second kappa shape index (κ2) is 5.88. The van der Waals surface area contributed by atoms with Gasteiger partial charge < -0.3 is 5.73 Å². The maximum Gasteiger partial charge on any atom is 0.00511 e. The molecule has 1 unspecified atom stereocenters. The van der Waals surface area contributed by atoms with Crippen molar-refractivity contribution in [1.82, 2.24) is 0 Å². The molecule has 0 aliphatic heterocycles. The zero-order chi connectivity index (χ0) is 13.1. The highest BCUT2D eigenvalue weighted by atomic mass is 14.6. The molecule has 1 atom stereocenters. The van der Waals surface area contributed by atoms with Crippen LogP contribution in [0, 0.1) is 0 Å². The number of fused-ring (bicyclic) bond motifs is 2. The molecule has 1 nitrogen and oxygen atoms in total. The van der Waals surface area contributed by atoms with Crippen LogP contribution >= 0.6 is 0 Å². The first kappa shape index (κ1) is 13.6. The zero-order valence-electron chi connectivity index (χ0n) is 12.2. The minimum absolute atomic E-state index is 0.303. The van der Waals surface area contributed by atoms with Gasteiger partial charge in [0.15, 0.2) is 0 Å². The summed E-state index contributed by atoms with van der Waals surface area (Å²) in [6.07, 6.45) is 8.98. The van der Waals surface area contributed by atoms with Crippen LogP contribution in [0.2, 0.25) is 0 Å². The first-order valence-corrected chi connectivity index (χ1v) is 7.66. The van der Waals surface area contributed by atoms with Crippen molar-refractivity contribution in [2.45, 2.75) is 71.8 Å². The van der Waals surface area contributed by atoms with Crippen molar-refractivity contribution in [1.29, 1.82) is 0 Å². The van der Waals surface area contributed by atoms with Gasteiger partial charge in [-0.05, 0) is 79.7 Å². The molecule has 3 rings (SSSR count). The van der Waals surface area contributed by atoms with Crippen molar-refractivity contribution >= 4 is 0 Å². The standard InChI is InChI=1S/C15H21N.C2H6/c1-10(16)8-15-13-6-2-4-11(13)9-12-5-3-7-14(12)15;1-2/h9-10H,2-8,16H2,1H3;1-2H3. The average Bonchev–Trinajstić information content (AvgIpc) is 2.98. The molecule has 0 bridgehead atoms. The van der Waals surface area contributed by atoms with E-state index in [1.54, 1.807) is 27.8 Å². The lowest BCUT2D eigenvalue weighted by Crippen LogP contribution is -2.20. The SMILES string of the molecule is CC.CC(N)Cc1c2c(cc3c1CCC3)CCC2. The summed E-state index contributed by atoms with van der Waals surface area (Å²) in [5.41, 5.74) is 14.2. The summed E-state index contributed by atoms with van der Waals surface area (Å²) in [6, 6.07) is 2.80. The van der Waals surface area contributed by atoms with Gasteiger partial charge in [0.2, 0.25) is 0 Å². The fourth-order valence-corrected chi connectivity index (χ4v) is 3.50. The molecular weight excluding hydrogens is 218 g/mol. The number of rotatable bonds is 2. The fraction of sp³-hybridized carbons (Fsp3) is 0.647. The van der Waals surface area contributed by atoms with Crippen molar-refractivity contribution in [2.75, 3.05) is 0 Å². The predicted octanol–water partition coefficient (Wildman–Crippen LogP) is 3.58. The Morgan fingerprint density at radius 1 is 1.00 bits per heavy atom. The quantitative estimate of drug-likeness (QED) is 0.847. The lowest BCUT2D eigenvalue weighted by molar-refractivity contribution is 0.725. The Kier molecular flexibility index (Phi) is 4.45. The first-order chi connectivity index (χ1) is 8.75. The minimum atomic E-state index is 0.303. The lowest BCUT2D eigenvalue weighted by atomic mass is 9.90. The molecule has 0 radical (unpaired) electrons. The molecule has 0 fully saturated rings. The van der Waals surface area contributed by atoms with Crippen LogP contribution in [0.15, 0.2) is 6.07 Å². The van der Waals surface area contributed by atoms with Gasteiger partial charge in [0, 0.05) is 6.04 Å². The predicted molar refractivity (Wildman–Crippen MR) is 79.2 cm³/mol. The maximum absolute atomic E-state index is 6.01. The second-order valence-electron chi connectivity index (χ2n) is 5.52. The van der Waals surface area contributed by atoms with Gasteiger partial charge in [-0.1, -0.05) is 19.9 Å². The van der Waals surface area contributed by atoms with Crippen molar-refractivity contribution in [3.05, 3.63) is 33.9 Å². The van der Waals surface area contributed by atoms with E-state index in [4.69, 9.17) is 5.73 Å². The largest absolute Gasteiger partial charge is 0.328 e. The highest BCUT2D eigenvalue weighted by molar-refractivity contribution is 5.50. The van der Waals surface area contributed by atoms with Crippen LogP contribution in [0.4, 0.5) is 0 Å². The summed E-state index contributed by atoms with van der Waals surface area (Å²) in [5, 5.41) is 0. The van der Waals surface area contributed by atoms with Gasteiger partial charge >= 0.3 is 0 Å². The highest BCUT2D eigenvalue weighted by Crippen LogP contribution is 2.35. The lowest BCUT2D eigenvalue weighted by Gasteiger charge is -2.16. The summed E-state index contributed by atoms with van der Waals surface area (Å²) in [6.45, 7) is 6.13. The van der Waals surface area contributed by atoms with Gasteiger partial charge in [0.1, 0.15) is 0 Å². The molecule has 2 aliphatic carbocycles. The van der Waals surface area contributed by atoms with Crippen LogP contribution in [0.3, 0.4) is 0 Å². The number of nitrogens with two attached hydrogens (primary N) is 1. The Bertz CT molecular complexity index is 386. The third-order valence-corrected chi connectivity index (χ3v) is 4.12. The minimum Gasteiger partial charge on any atom is -0.328 e. The Morgan fingerprint density at radius 3 is 1.94 bits per heavy atom. The smallest absolute Gasteiger partial charge is 0.00511 e. The Hall–Kier alpha value is -0.820. The summed E-state index contributed by atoms with van der Waals surface area (Å²) in [7, 11) is 0. The van der Waals surface area contributed by atoms with Crippen LogP contribution < -0.4 is 5.73 Å². The van der Waals surface area contributed by atoms with Crippen molar-refractivity contribution in [3.8, 4) is 0 Å². The van der Waals surface area contributed by atoms with E-state index in [1.165, 1.54) is 38.5 Å². The molecule has 0 heterocycles. The molecule has 100 valence electrons. The zero-order valence-corrected chi connectivity index (χ0v) is 12.2. The van der Waals surface area contributed by atoms with Gasteiger partial charge in [-0.25, -0.2) is 0 Å². The Labute approximate surface area is 112 Å². The summed E-state index contributed by atoms with van der Waals surface area (Å²) >= 11 is 0. The van der Waals surface area contributed by atoms with E-state index in [1.807, 2.05) is 13.8 Å². The van der Waals surface area contributed by atoms with Gasteiger partial charge in [-0.2, -0.15) is 0 Å². The van der Waals surface area contributed by atoms with Gasteiger partial charge in [-0.3, -0.25) is 0 Å². The molecule has 18 heavy (non-hydrogen) atoms. The van der Waals surface area contributed by atoms with Gasteiger partial charge in [0.05, 0.1) is 0 Å². The van der Waals surface area contributed by atoms with E-state index in [-0.39, 0.29) is 0 Å². The molecule has 1 heteroatoms. The van der Waals surface area contributed by atoms with E-state index in [0.29, 0.717) is 6.04 Å². The Morgan fingerprint density at radius 2 is 1.50 bits per heavy atom. The molecule has 0 saturated heterocycles. The molecule has 0 saturated carbocycles. The monoisotopic (exact) mass is 245 g/mol. The maximum atomic E-state index is 6.01. The van der Waals surface area contributed by atoms with E-state index < -0.39 is 0 Å². The molecular formula is C17H27N. The molecule has 1 aromatic rings. The summed E-state index contributed by atoms with van der Waals surface area (Å²) in [4.78, 5) is 0. The van der Waals surface area contributed by atoms with Crippen molar-refractivity contribution < 1.29 is 0 Å². The van der Waals surface area contributed by atoms with E-state index in [9.17, 15) is 0 Å². The van der Waals surface area contributed by atoms with E-state index in [0.717, 1.165) is 6.42 Å². The van der Waals surface area contributed by atoms with Gasteiger partial charge in [0.25, 0.3) is 0 Å². The van der Waals surface area contributed by atoms with Crippen LogP contribution in [0.5, 0.6) is 0 Å². The third-order valence-electron chi connectivity index (χ3n) is 4.12. The average molecular weight is 245 g/mol. The second-order valence-corrected chi connectivity index (χ2v) is 5.52. The summed E-state index contributed by atoms with van der Waals surface area (Å²) < 4.78 is 0. The summed E-state index contributed by atoms with van der Waals surface area (Å²) in [5.74, 6) is 0. The molecule has 2 aliphatic rings. The van der Waals surface area contributed by atoms with E-state index in [2.05, 4.69) is 13.0 Å². The third kappa shape index (κ3) is 2.47. The number of hydrogen-bond donors (Lipinski definition) is 1. The Balaban J connectivity index is 0.000000574. The number of aryl methyl sites for hydroxylation is 2. The van der Waals surface area contributed by atoms with Crippen molar-refractivity contribution in [3.63, 3.8) is 0 Å². The van der Waals surface area contributed by atoms with Crippen LogP contribution in [0.25, 0.3) is 0 Å².